The van der Waals surface area contributed by atoms with Crippen molar-refractivity contribution in [1.29, 1.82) is 0 Å². The third kappa shape index (κ3) is 2.06. The Morgan fingerprint density at radius 2 is 1.60 bits per heavy atom. The number of thioether (sulfide) groups is 1. The molecule has 1 aliphatic heterocycles. The summed E-state index contributed by atoms with van der Waals surface area (Å²) in [6, 6.07) is 0. The average Bonchev–Trinajstić information content (AvgIpc) is 2.45. The number of hydrogen-bond donors (Lipinski definition) is 0. The van der Waals surface area contributed by atoms with Crippen LogP contribution in [0.2, 0.25) is 0 Å². The maximum Gasteiger partial charge on any atom is 0.410 e. The van der Waals surface area contributed by atoms with Crippen LogP contribution in [0.4, 0.5) is 4.79 Å². The van der Waals surface area contributed by atoms with Gasteiger partial charge >= 0.3 is 6.09 Å². The van der Waals surface area contributed by atoms with Crippen LogP contribution in [0.15, 0.2) is 0 Å². The number of carbonyl (C=O) groups is 1. The molecule has 112 valence electrons. The summed E-state index contributed by atoms with van der Waals surface area (Å²) in [7, 11) is 0. The first kappa shape index (κ1) is 13.3. The Labute approximate surface area is 125 Å². The molecule has 0 spiro atoms. The van der Waals surface area contributed by atoms with Crippen LogP contribution in [0.5, 0.6) is 0 Å². The van der Waals surface area contributed by atoms with Gasteiger partial charge in [-0.05, 0) is 62.7 Å². The second-order valence-electron chi connectivity index (χ2n) is 7.46. The highest BCUT2D eigenvalue weighted by atomic mass is 32.2. The van der Waals surface area contributed by atoms with Crippen LogP contribution < -0.4 is 0 Å². The number of hydrogen-bond acceptors (Lipinski definition) is 3. The van der Waals surface area contributed by atoms with E-state index < -0.39 is 0 Å². The van der Waals surface area contributed by atoms with E-state index in [-0.39, 0.29) is 11.7 Å². The molecule has 5 aliphatic rings. The van der Waals surface area contributed by atoms with Crippen molar-refractivity contribution in [3.8, 4) is 0 Å². The molecule has 0 N–H and O–H groups in total. The first-order valence-corrected chi connectivity index (χ1v) is 9.36. The minimum atomic E-state index is -0.172. The molecule has 0 aromatic carbocycles. The summed E-state index contributed by atoms with van der Waals surface area (Å²) >= 11 is 1.93. The van der Waals surface area contributed by atoms with Crippen LogP contribution in [0.3, 0.4) is 0 Å². The zero-order chi connectivity index (χ0) is 13.7. The lowest BCUT2D eigenvalue weighted by molar-refractivity contribution is -0.167. The van der Waals surface area contributed by atoms with Crippen LogP contribution in [0.1, 0.15) is 39.0 Å². The molecule has 1 amide bonds. The van der Waals surface area contributed by atoms with Crippen LogP contribution in [-0.4, -0.2) is 41.2 Å². The topological polar surface area (TPSA) is 29.5 Å². The second kappa shape index (κ2) is 4.82. The number of nitrogens with zero attached hydrogens (tertiary/aromatic N) is 1. The summed E-state index contributed by atoms with van der Waals surface area (Å²) in [4.78, 5) is 14.4. The smallest absolute Gasteiger partial charge is 0.410 e. The molecule has 4 saturated carbocycles. The number of ether oxygens (including phenoxy) is 1. The van der Waals surface area contributed by atoms with E-state index in [0.29, 0.717) is 11.8 Å². The molecule has 4 bridgehead atoms. The van der Waals surface area contributed by atoms with Crippen molar-refractivity contribution in [2.45, 2.75) is 44.6 Å². The standard InChI is InChI=1S/C16H25NO2S/c1-16(19-15(18)17-2-4-20-5-3-17)13-7-11-6-12(9-13)10-14(16)8-11/h11-14H,2-10H2,1H3. The first-order valence-electron chi connectivity index (χ1n) is 8.21. The van der Waals surface area contributed by atoms with Crippen molar-refractivity contribution in [2.24, 2.45) is 23.7 Å². The van der Waals surface area contributed by atoms with Gasteiger partial charge in [0, 0.05) is 24.6 Å². The molecule has 4 heteroatoms. The molecule has 0 radical (unpaired) electrons. The van der Waals surface area contributed by atoms with E-state index in [1.807, 2.05) is 16.7 Å². The highest BCUT2D eigenvalue weighted by molar-refractivity contribution is 7.99. The maximum atomic E-state index is 12.5. The van der Waals surface area contributed by atoms with E-state index in [1.165, 1.54) is 32.1 Å². The van der Waals surface area contributed by atoms with E-state index in [0.717, 1.165) is 36.4 Å². The fourth-order valence-corrected chi connectivity index (χ4v) is 6.19. The number of rotatable bonds is 1. The van der Waals surface area contributed by atoms with Gasteiger partial charge in [0.05, 0.1) is 0 Å². The molecule has 1 saturated heterocycles. The zero-order valence-electron chi connectivity index (χ0n) is 12.3. The van der Waals surface area contributed by atoms with E-state index in [2.05, 4.69) is 6.92 Å². The molecule has 0 unspecified atom stereocenters. The molecule has 0 aromatic heterocycles. The summed E-state index contributed by atoms with van der Waals surface area (Å²) in [5, 5.41) is 0. The summed E-state index contributed by atoms with van der Waals surface area (Å²) in [5.74, 6) is 5.22. The van der Waals surface area contributed by atoms with Gasteiger partial charge in [0.1, 0.15) is 5.60 Å². The predicted molar refractivity (Wildman–Crippen MR) is 80.8 cm³/mol. The van der Waals surface area contributed by atoms with Gasteiger partial charge in [-0.2, -0.15) is 11.8 Å². The van der Waals surface area contributed by atoms with Gasteiger partial charge in [-0.15, -0.1) is 0 Å². The molecular weight excluding hydrogens is 270 g/mol. The predicted octanol–water partition coefficient (Wildman–Crippen LogP) is 3.39. The maximum absolute atomic E-state index is 12.5. The van der Waals surface area contributed by atoms with Crippen LogP contribution in [0, 0.1) is 23.7 Å². The number of carbonyl (C=O) groups excluding carboxylic acids is 1. The monoisotopic (exact) mass is 295 g/mol. The van der Waals surface area contributed by atoms with E-state index in [1.54, 1.807) is 0 Å². The lowest BCUT2D eigenvalue weighted by Gasteiger charge is -2.59. The SMILES string of the molecule is CC1(OC(=O)N2CCSCC2)C2CC3CC(C2)CC1C3. The molecule has 20 heavy (non-hydrogen) atoms. The summed E-state index contributed by atoms with van der Waals surface area (Å²) in [5.41, 5.74) is -0.172. The lowest BCUT2D eigenvalue weighted by Crippen LogP contribution is -2.59. The van der Waals surface area contributed by atoms with Gasteiger partial charge in [0.2, 0.25) is 0 Å². The van der Waals surface area contributed by atoms with Crippen molar-refractivity contribution in [3.63, 3.8) is 0 Å². The third-order valence-corrected chi connectivity index (χ3v) is 7.28. The van der Waals surface area contributed by atoms with Gasteiger partial charge in [-0.1, -0.05) is 0 Å². The second-order valence-corrected chi connectivity index (χ2v) is 8.68. The largest absolute Gasteiger partial charge is 0.443 e. The molecule has 3 nitrogen and oxygen atoms in total. The van der Waals surface area contributed by atoms with Gasteiger partial charge in [-0.25, -0.2) is 4.79 Å². The fraction of sp³-hybridized carbons (Fsp3) is 0.938. The van der Waals surface area contributed by atoms with Gasteiger partial charge in [0.25, 0.3) is 0 Å². The summed E-state index contributed by atoms with van der Waals surface area (Å²) in [6.45, 7) is 3.96. The Kier molecular flexibility index (Phi) is 3.21. The normalized spacial score (nSPS) is 46.5. The Morgan fingerprint density at radius 3 is 2.15 bits per heavy atom. The van der Waals surface area contributed by atoms with Crippen molar-refractivity contribution in [3.05, 3.63) is 0 Å². The molecule has 5 rings (SSSR count). The molecule has 5 fully saturated rings. The fourth-order valence-electron chi connectivity index (χ4n) is 5.29. The lowest BCUT2D eigenvalue weighted by atomic mass is 9.50. The van der Waals surface area contributed by atoms with E-state index in [4.69, 9.17) is 4.74 Å². The van der Waals surface area contributed by atoms with Crippen molar-refractivity contribution in [2.75, 3.05) is 24.6 Å². The summed E-state index contributed by atoms with van der Waals surface area (Å²) < 4.78 is 6.13. The molecule has 4 aliphatic carbocycles. The first-order chi connectivity index (χ1) is 9.65. The van der Waals surface area contributed by atoms with E-state index in [9.17, 15) is 4.79 Å². The Balaban J connectivity index is 1.48. The van der Waals surface area contributed by atoms with Crippen molar-refractivity contribution >= 4 is 17.9 Å². The van der Waals surface area contributed by atoms with Crippen molar-refractivity contribution in [1.82, 2.24) is 4.90 Å². The molecule has 0 aromatic rings. The summed E-state index contributed by atoms with van der Waals surface area (Å²) in [6.07, 6.45) is 6.60. The van der Waals surface area contributed by atoms with Crippen LogP contribution in [-0.2, 0) is 4.74 Å². The molecule has 0 atom stereocenters. The van der Waals surface area contributed by atoms with E-state index >= 15 is 0 Å². The highest BCUT2D eigenvalue weighted by Crippen LogP contribution is 2.59. The Bertz CT molecular complexity index is 377. The molecular formula is C16H25NO2S. The van der Waals surface area contributed by atoms with Crippen LogP contribution in [0.25, 0.3) is 0 Å². The Hall–Kier alpha value is -0.380. The minimum absolute atomic E-state index is 0.0414. The highest BCUT2D eigenvalue weighted by Gasteiger charge is 2.57. The zero-order valence-corrected chi connectivity index (χ0v) is 13.2. The molecule has 1 heterocycles. The Morgan fingerprint density at radius 1 is 1.05 bits per heavy atom. The minimum Gasteiger partial charge on any atom is -0.443 e. The van der Waals surface area contributed by atoms with Gasteiger partial charge in [-0.3, -0.25) is 0 Å². The van der Waals surface area contributed by atoms with Gasteiger partial charge in [0.15, 0.2) is 0 Å². The quantitative estimate of drug-likeness (QED) is 0.742. The average molecular weight is 295 g/mol. The number of amides is 1. The van der Waals surface area contributed by atoms with Crippen molar-refractivity contribution < 1.29 is 9.53 Å². The van der Waals surface area contributed by atoms with Gasteiger partial charge < -0.3 is 9.64 Å². The van der Waals surface area contributed by atoms with Crippen LogP contribution >= 0.6 is 11.8 Å². The third-order valence-electron chi connectivity index (χ3n) is 6.34.